The van der Waals surface area contributed by atoms with Crippen molar-refractivity contribution < 1.29 is 0 Å². The molecule has 2 aromatic rings. The van der Waals surface area contributed by atoms with Gasteiger partial charge in [-0.3, -0.25) is 9.59 Å². The fraction of sp³-hybridized carbons (Fsp3) is 0. The lowest BCUT2D eigenvalue weighted by Crippen LogP contribution is -2.08. The van der Waals surface area contributed by atoms with E-state index in [1.165, 1.54) is 24.4 Å². The van der Waals surface area contributed by atoms with E-state index in [2.05, 4.69) is 20.4 Å². The number of nitrogens with zero attached hydrogens (tertiary/aromatic N) is 2. The summed E-state index contributed by atoms with van der Waals surface area (Å²) < 4.78 is 0. The second-order valence-corrected chi connectivity index (χ2v) is 2.64. The number of hydrogen-bond acceptors (Lipinski definition) is 4. The predicted octanol–water partition coefficient (Wildman–Crippen LogP) is -0.480. The summed E-state index contributed by atoms with van der Waals surface area (Å²) in [5, 5.41) is 11.9. The molecule has 0 unspecified atom stereocenters. The van der Waals surface area contributed by atoms with E-state index in [1.54, 1.807) is 0 Å². The van der Waals surface area contributed by atoms with Crippen molar-refractivity contribution in [3.05, 3.63) is 45.1 Å². The molecule has 2 N–H and O–H groups in total. The van der Waals surface area contributed by atoms with E-state index in [0.717, 1.165) is 0 Å². The predicted molar refractivity (Wildman–Crippen MR) is 48.7 cm³/mol. The first-order valence-corrected chi connectivity index (χ1v) is 3.86. The molecule has 70 valence electrons. The second-order valence-electron chi connectivity index (χ2n) is 2.64. The molecule has 0 radical (unpaired) electrons. The van der Waals surface area contributed by atoms with Gasteiger partial charge in [-0.05, 0) is 6.07 Å². The van der Waals surface area contributed by atoms with E-state index in [4.69, 9.17) is 0 Å². The summed E-state index contributed by atoms with van der Waals surface area (Å²) in [4.78, 5) is 21.6. The Hall–Kier alpha value is -2.24. The first-order valence-electron chi connectivity index (χ1n) is 3.86. The molecular formula is C8H6N4O2. The van der Waals surface area contributed by atoms with Crippen LogP contribution in [0.5, 0.6) is 0 Å². The van der Waals surface area contributed by atoms with Crippen molar-refractivity contribution in [3.8, 4) is 11.3 Å². The minimum absolute atomic E-state index is 0.286. The van der Waals surface area contributed by atoms with Crippen LogP contribution in [0.1, 0.15) is 0 Å². The van der Waals surface area contributed by atoms with Gasteiger partial charge < -0.3 is 0 Å². The van der Waals surface area contributed by atoms with E-state index in [9.17, 15) is 9.59 Å². The largest absolute Gasteiger partial charge is 0.268 e. The van der Waals surface area contributed by atoms with Crippen molar-refractivity contribution in [1.29, 1.82) is 0 Å². The zero-order chi connectivity index (χ0) is 9.97. The van der Waals surface area contributed by atoms with Crippen LogP contribution in [0.15, 0.2) is 34.0 Å². The van der Waals surface area contributed by atoms with Gasteiger partial charge in [-0.2, -0.15) is 10.2 Å². The van der Waals surface area contributed by atoms with Gasteiger partial charge in [-0.1, -0.05) is 0 Å². The SMILES string of the molecule is O=c1cc(-c2ccc(=O)[nH]n2)cn[nH]1. The summed E-state index contributed by atoms with van der Waals surface area (Å²) in [5.74, 6) is 0. The Morgan fingerprint density at radius 3 is 2.57 bits per heavy atom. The summed E-state index contributed by atoms with van der Waals surface area (Å²) in [6.45, 7) is 0. The quantitative estimate of drug-likeness (QED) is 0.635. The number of rotatable bonds is 1. The molecule has 0 fully saturated rings. The van der Waals surface area contributed by atoms with E-state index in [-0.39, 0.29) is 11.1 Å². The number of nitrogens with one attached hydrogen (secondary N) is 2. The average Bonchev–Trinajstić information content (AvgIpc) is 2.19. The molecule has 0 aliphatic rings. The van der Waals surface area contributed by atoms with Crippen LogP contribution in [-0.2, 0) is 0 Å². The lowest BCUT2D eigenvalue weighted by Gasteiger charge is -1.95. The van der Waals surface area contributed by atoms with Crippen molar-refractivity contribution in [1.82, 2.24) is 20.4 Å². The lowest BCUT2D eigenvalue weighted by atomic mass is 10.2. The van der Waals surface area contributed by atoms with Gasteiger partial charge in [-0.15, -0.1) is 0 Å². The van der Waals surface area contributed by atoms with Gasteiger partial charge >= 0.3 is 0 Å². The molecule has 2 heterocycles. The van der Waals surface area contributed by atoms with E-state index < -0.39 is 0 Å². The van der Waals surface area contributed by atoms with Crippen LogP contribution in [0.4, 0.5) is 0 Å². The Bertz CT molecular complexity index is 537. The third-order valence-corrected chi connectivity index (χ3v) is 1.64. The van der Waals surface area contributed by atoms with Gasteiger partial charge in [0.2, 0.25) is 0 Å². The van der Waals surface area contributed by atoms with Gasteiger partial charge in [0.05, 0.1) is 11.9 Å². The summed E-state index contributed by atoms with van der Waals surface area (Å²) >= 11 is 0. The minimum Gasteiger partial charge on any atom is -0.268 e. The third kappa shape index (κ3) is 1.58. The number of aromatic nitrogens is 4. The van der Waals surface area contributed by atoms with Gasteiger partial charge in [0.1, 0.15) is 0 Å². The van der Waals surface area contributed by atoms with Crippen LogP contribution in [0.3, 0.4) is 0 Å². The number of aromatic amines is 2. The molecule has 0 aliphatic carbocycles. The highest BCUT2D eigenvalue weighted by Crippen LogP contribution is 2.09. The van der Waals surface area contributed by atoms with Crippen LogP contribution in [-0.4, -0.2) is 20.4 Å². The standard InChI is InChI=1S/C8H6N4O2/c13-7-2-1-6(10-12-7)5-3-8(14)11-9-4-5/h1-4H,(H,11,14)(H,12,13). The van der Waals surface area contributed by atoms with E-state index >= 15 is 0 Å². The summed E-state index contributed by atoms with van der Waals surface area (Å²) in [6, 6.07) is 4.21. The molecule has 0 aliphatic heterocycles. The van der Waals surface area contributed by atoms with E-state index in [0.29, 0.717) is 11.3 Å². The molecule has 0 bridgehead atoms. The van der Waals surface area contributed by atoms with Gasteiger partial charge in [0, 0.05) is 17.7 Å². The maximum absolute atomic E-state index is 10.9. The van der Waals surface area contributed by atoms with Gasteiger partial charge in [0.15, 0.2) is 0 Å². The van der Waals surface area contributed by atoms with Crippen molar-refractivity contribution in [2.45, 2.75) is 0 Å². The Morgan fingerprint density at radius 1 is 1.07 bits per heavy atom. The Kier molecular flexibility index (Phi) is 1.94. The molecule has 0 saturated heterocycles. The molecule has 0 atom stereocenters. The second kappa shape index (κ2) is 3.25. The highest BCUT2D eigenvalue weighted by molar-refractivity contribution is 5.55. The monoisotopic (exact) mass is 190 g/mol. The lowest BCUT2D eigenvalue weighted by molar-refractivity contribution is 0.968. The molecule has 2 rings (SSSR count). The topological polar surface area (TPSA) is 91.5 Å². The highest BCUT2D eigenvalue weighted by atomic mass is 16.1. The Morgan fingerprint density at radius 2 is 1.93 bits per heavy atom. The van der Waals surface area contributed by atoms with Gasteiger partial charge in [0.25, 0.3) is 11.1 Å². The summed E-state index contributed by atoms with van der Waals surface area (Å²) in [6.07, 6.45) is 1.46. The molecular weight excluding hydrogens is 184 g/mol. The zero-order valence-electron chi connectivity index (χ0n) is 7.02. The van der Waals surface area contributed by atoms with Gasteiger partial charge in [-0.25, -0.2) is 10.2 Å². The van der Waals surface area contributed by atoms with Crippen molar-refractivity contribution >= 4 is 0 Å². The Balaban J connectivity index is 2.55. The third-order valence-electron chi connectivity index (χ3n) is 1.64. The molecule has 6 heteroatoms. The van der Waals surface area contributed by atoms with Crippen LogP contribution >= 0.6 is 0 Å². The average molecular weight is 190 g/mol. The first-order chi connectivity index (χ1) is 6.75. The normalized spacial score (nSPS) is 10.0. The zero-order valence-corrected chi connectivity index (χ0v) is 7.02. The molecule has 0 aromatic carbocycles. The number of H-pyrrole nitrogens is 2. The van der Waals surface area contributed by atoms with E-state index in [1.807, 2.05) is 0 Å². The molecule has 0 spiro atoms. The fourth-order valence-electron chi connectivity index (χ4n) is 1.02. The fourth-order valence-corrected chi connectivity index (χ4v) is 1.02. The smallest absolute Gasteiger partial charge is 0.264 e. The van der Waals surface area contributed by atoms with Crippen LogP contribution < -0.4 is 11.1 Å². The van der Waals surface area contributed by atoms with Crippen molar-refractivity contribution in [2.75, 3.05) is 0 Å². The maximum atomic E-state index is 10.9. The van der Waals surface area contributed by atoms with Crippen molar-refractivity contribution in [2.24, 2.45) is 0 Å². The van der Waals surface area contributed by atoms with Crippen molar-refractivity contribution in [3.63, 3.8) is 0 Å². The van der Waals surface area contributed by atoms with Crippen LogP contribution in [0.2, 0.25) is 0 Å². The minimum atomic E-state index is -0.310. The molecule has 2 aromatic heterocycles. The molecule has 6 nitrogen and oxygen atoms in total. The molecule has 0 saturated carbocycles. The van der Waals surface area contributed by atoms with Crippen LogP contribution in [0, 0.1) is 0 Å². The highest BCUT2D eigenvalue weighted by Gasteiger charge is 1.99. The Labute approximate surface area is 77.6 Å². The summed E-state index contributed by atoms with van der Waals surface area (Å²) in [5.41, 5.74) is 0.468. The molecule has 0 amide bonds. The number of hydrogen-bond donors (Lipinski definition) is 2. The molecule has 14 heavy (non-hydrogen) atoms. The maximum Gasteiger partial charge on any atom is 0.264 e. The van der Waals surface area contributed by atoms with Crippen LogP contribution in [0.25, 0.3) is 11.3 Å². The first kappa shape index (κ1) is 8.36. The summed E-state index contributed by atoms with van der Waals surface area (Å²) in [7, 11) is 0.